The Morgan fingerprint density at radius 3 is 1.73 bits per heavy atom. The van der Waals surface area contributed by atoms with Crippen LogP contribution < -0.4 is 0 Å². The van der Waals surface area contributed by atoms with Crippen LogP contribution >= 0.6 is 7.82 Å². The first-order chi connectivity index (χ1) is 23.0. The van der Waals surface area contributed by atoms with E-state index in [0.717, 1.165) is 64.2 Å². The quantitative estimate of drug-likeness (QED) is 0.0232. The zero-order valence-electron chi connectivity index (χ0n) is 31.5. The van der Waals surface area contributed by atoms with Gasteiger partial charge in [-0.1, -0.05) is 128 Å². The molecule has 0 bridgehead atoms. The van der Waals surface area contributed by atoms with Gasteiger partial charge in [-0.25, -0.2) is 4.57 Å². The molecule has 0 saturated heterocycles. The molecule has 1 N–H and O–H groups in total. The highest BCUT2D eigenvalue weighted by atomic mass is 31.2. The Bertz CT molecular complexity index is 886. The highest BCUT2D eigenvalue weighted by Crippen LogP contribution is 2.43. The van der Waals surface area contributed by atoms with Crippen LogP contribution in [0.5, 0.6) is 0 Å². The van der Waals surface area contributed by atoms with E-state index in [4.69, 9.17) is 18.5 Å². The fourth-order valence-electron chi connectivity index (χ4n) is 4.93. The summed E-state index contributed by atoms with van der Waals surface area (Å²) in [5, 5.41) is 0. The first-order valence-electron chi connectivity index (χ1n) is 19.1. The number of phosphoric acid groups is 1. The van der Waals surface area contributed by atoms with Gasteiger partial charge in [0.2, 0.25) is 0 Å². The molecule has 48 heavy (non-hydrogen) atoms. The van der Waals surface area contributed by atoms with Gasteiger partial charge in [-0.05, 0) is 38.5 Å². The fraction of sp³-hybridized carbons (Fsp3) is 0.842. The number of hydrogen-bond donors (Lipinski definition) is 1. The number of hydrogen-bond acceptors (Lipinski definition) is 7. The SMILES string of the molecule is CCC/C=C\C/C=C\CCCCCCCC(=O)OC(COC(=O)CCCCCCCCCCCCC)COP(=O)(O)OCC[N+](C)(C)C. The van der Waals surface area contributed by atoms with E-state index in [1.165, 1.54) is 57.8 Å². The first kappa shape index (κ1) is 46.5. The highest BCUT2D eigenvalue weighted by Gasteiger charge is 2.27. The number of ether oxygens (including phenoxy) is 2. The van der Waals surface area contributed by atoms with E-state index in [1.54, 1.807) is 0 Å². The molecule has 0 aliphatic rings. The van der Waals surface area contributed by atoms with Crippen LogP contribution in [-0.2, 0) is 32.7 Å². The number of carbonyl (C=O) groups excluding carboxylic acids is 2. The second-order valence-corrected chi connectivity index (χ2v) is 15.4. The molecule has 0 heterocycles. The van der Waals surface area contributed by atoms with Crippen LogP contribution in [0.4, 0.5) is 0 Å². The minimum atomic E-state index is -4.37. The number of allylic oxidation sites excluding steroid dienone is 4. The minimum Gasteiger partial charge on any atom is -0.462 e. The van der Waals surface area contributed by atoms with Crippen LogP contribution in [0.2, 0.25) is 0 Å². The lowest BCUT2D eigenvalue weighted by atomic mass is 10.1. The molecule has 0 amide bonds. The topological polar surface area (TPSA) is 108 Å². The third-order valence-electron chi connectivity index (χ3n) is 7.97. The summed E-state index contributed by atoms with van der Waals surface area (Å²) in [4.78, 5) is 35.1. The molecule has 0 aromatic carbocycles. The number of nitrogens with zero attached hydrogens (tertiary/aromatic N) is 1. The second kappa shape index (κ2) is 31.5. The van der Waals surface area contributed by atoms with E-state index in [1.807, 2.05) is 21.1 Å². The maximum Gasteiger partial charge on any atom is 0.472 e. The molecule has 0 rings (SSSR count). The average molecular weight is 703 g/mol. The standard InChI is InChI=1S/C38H72NO8P/c1-6-8-10-12-14-16-18-19-21-23-25-27-29-31-38(41)47-36(35-46-48(42,43)45-33-32-39(3,4)5)34-44-37(40)30-28-26-24-22-20-17-15-13-11-9-7-2/h10,12,16,18,36H,6-9,11,13-15,17,19-35H2,1-5H3/p+1/b12-10-,18-16-. The lowest BCUT2D eigenvalue weighted by molar-refractivity contribution is -0.870. The molecule has 10 heteroatoms. The zero-order chi connectivity index (χ0) is 35.8. The molecule has 0 aromatic heterocycles. The number of carbonyl (C=O) groups is 2. The van der Waals surface area contributed by atoms with Crippen LogP contribution in [-0.4, -0.2) is 74.9 Å². The number of unbranched alkanes of at least 4 members (excludes halogenated alkanes) is 16. The van der Waals surface area contributed by atoms with Gasteiger partial charge in [0, 0.05) is 12.8 Å². The van der Waals surface area contributed by atoms with Crippen molar-refractivity contribution in [1.29, 1.82) is 0 Å². The van der Waals surface area contributed by atoms with Crippen molar-refractivity contribution in [3.05, 3.63) is 24.3 Å². The van der Waals surface area contributed by atoms with E-state index in [2.05, 4.69) is 38.2 Å². The largest absolute Gasteiger partial charge is 0.472 e. The molecule has 0 aliphatic heterocycles. The highest BCUT2D eigenvalue weighted by molar-refractivity contribution is 7.47. The maximum absolute atomic E-state index is 12.6. The summed E-state index contributed by atoms with van der Waals surface area (Å²) in [6, 6.07) is 0. The summed E-state index contributed by atoms with van der Waals surface area (Å²) in [6.07, 6.45) is 30.8. The number of rotatable bonds is 34. The van der Waals surface area contributed by atoms with Crippen molar-refractivity contribution in [3.8, 4) is 0 Å². The van der Waals surface area contributed by atoms with Gasteiger partial charge in [-0.3, -0.25) is 18.6 Å². The Hall–Kier alpha value is -1.51. The average Bonchev–Trinajstić information content (AvgIpc) is 3.02. The molecule has 0 spiro atoms. The monoisotopic (exact) mass is 703 g/mol. The van der Waals surface area contributed by atoms with Crippen molar-refractivity contribution < 1.29 is 42.1 Å². The molecule has 0 aliphatic carbocycles. The lowest BCUT2D eigenvalue weighted by Gasteiger charge is -2.24. The Morgan fingerprint density at radius 2 is 1.17 bits per heavy atom. The van der Waals surface area contributed by atoms with E-state index >= 15 is 0 Å². The van der Waals surface area contributed by atoms with Crippen LogP contribution in [0.3, 0.4) is 0 Å². The number of likely N-dealkylation sites (N-methyl/N-ethyl adjacent to an activating group) is 1. The van der Waals surface area contributed by atoms with E-state index in [9.17, 15) is 19.0 Å². The van der Waals surface area contributed by atoms with Crippen molar-refractivity contribution in [2.24, 2.45) is 0 Å². The molecule has 282 valence electrons. The summed E-state index contributed by atoms with van der Waals surface area (Å²) >= 11 is 0. The number of quaternary nitrogens is 1. The van der Waals surface area contributed by atoms with Gasteiger partial charge in [0.15, 0.2) is 6.10 Å². The van der Waals surface area contributed by atoms with Gasteiger partial charge in [0.1, 0.15) is 19.8 Å². The predicted molar refractivity (Wildman–Crippen MR) is 197 cm³/mol. The van der Waals surface area contributed by atoms with E-state index in [-0.39, 0.29) is 32.0 Å². The first-order valence-corrected chi connectivity index (χ1v) is 20.6. The summed E-state index contributed by atoms with van der Waals surface area (Å²) in [6.45, 7) is 4.32. The normalized spacial score (nSPS) is 14.0. The molecule has 0 radical (unpaired) electrons. The molecule has 2 unspecified atom stereocenters. The summed E-state index contributed by atoms with van der Waals surface area (Å²) < 4.78 is 34.1. The van der Waals surface area contributed by atoms with E-state index < -0.39 is 26.5 Å². The van der Waals surface area contributed by atoms with Gasteiger partial charge >= 0.3 is 19.8 Å². The molecule has 2 atom stereocenters. The fourth-order valence-corrected chi connectivity index (χ4v) is 5.67. The molecule has 0 fully saturated rings. The lowest BCUT2D eigenvalue weighted by Crippen LogP contribution is -2.37. The van der Waals surface area contributed by atoms with Crippen molar-refractivity contribution in [2.45, 2.75) is 161 Å². The summed E-state index contributed by atoms with van der Waals surface area (Å²) in [7, 11) is 1.47. The van der Waals surface area contributed by atoms with Crippen molar-refractivity contribution in [1.82, 2.24) is 0 Å². The molecule has 0 saturated carbocycles. The van der Waals surface area contributed by atoms with Crippen LogP contribution in [0.15, 0.2) is 24.3 Å². The van der Waals surface area contributed by atoms with Crippen LogP contribution in [0.25, 0.3) is 0 Å². The Kier molecular flexibility index (Phi) is 30.5. The number of esters is 2. The maximum atomic E-state index is 12.6. The van der Waals surface area contributed by atoms with Gasteiger partial charge in [-0.2, -0.15) is 0 Å². The molecular formula is C38H73NO8P+. The van der Waals surface area contributed by atoms with Gasteiger partial charge in [0.05, 0.1) is 27.7 Å². The third kappa shape index (κ3) is 34.4. The summed E-state index contributed by atoms with van der Waals surface area (Å²) in [5.41, 5.74) is 0. The molecular weight excluding hydrogens is 629 g/mol. The zero-order valence-corrected chi connectivity index (χ0v) is 32.4. The Balaban J connectivity index is 4.47. The van der Waals surface area contributed by atoms with Crippen LogP contribution in [0.1, 0.15) is 155 Å². The minimum absolute atomic E-state index is 0.0301. The summed E-state index contributed by atoms with van der Waals surface area (Å²) in [5.74, 6) is -0.816. The predicted octanol–water partition coefficient (Wildman–Crippen LogP) is 10.0. The van der Waals surface area contributed by atoms with Gasteiger partial charge in [-0.15, -0.1) is 0 Å². The van der Waals surface area contributed by atoms with Crippen LogP contribution in [0, 0.1) is 0 Å². The molecule has 0 aromatic rings. The smallest absolute Gasteiger partial charge is 0.462 e. The van der Waals surface area contributed by atoms with Gasteiger partial charge < -0.3 is 18.9 Å². The number of phosphoric ester groups is 1. The van der Waals surface area contributed by atoms with Crippen molar-refractivity contribution in [2.75, 3.05) is 47.5 Å². The van der Waals surface area contributed by atoms with E-state index in [0.29, 0.717) is 17.4 Å². The second-order valence-electron chi connectivity index (χ2n) is 14.0. The Labute approximate surface area is 294 Å². The Morgan fingerprint density at radius 1 is 0.646 bits per heavy atom. The van der Waals surface area contributed by atoms with Crippen molar-refractivity contribution >= 4 is 19.8 Å². The third-order valence-corrected chi connectivity index (χ3v) is 8.95. The van der Waals surface area contributed by atoms with Gasteiger partial charge in [0.25, 0.3) is 0 Å². The van der Waals surface area contributed by atoms with Crippen molar-refractivity contribution in [3.63, 3.8) is 0 Å². The molecule has 9 nitrogen and oxygen atoms in total.